The summed E-state index contributed by atoms with van der Waals surface area (Å²) < 4.78 is 95.9. The molecule has 0 fully saturated rings. The molecule has 0 saturated heterocycles. The zero-order chi connectivity index (χ0) is 21.4. The van der Waals surface area contributed by atoms with E-state index in [-0.39, 0.29) is 22.4 Å². The van der Waals surface area contributed by atoms with Crippen molar-refractivity contribution in [1.82, 2.24) is 19.5 Å². The van der Waals surface area contributed by atoms with E-state index in [9.17, 15) is 26.0 Å². The van der Waals surface area contributed by atoms with Crippen LogP contribution in [0, 0.1) is 5.82 Å². The highest BCUT2D eigenvalue weighted by Gasteiger charge is 2.56. The molecule has 5 rings (SSSR count). The largest absolute Gasteiger partial charge is 0.433 e. The van der Waals surface area contributed by atoms with Crippen LogP contribution in [0.1, 0.15) is 46.3 Å². The highest BCUT2D eigenvalue weighted by Crippen LogP contribution is 2.59. The summed E-state index contributed by atoms with van der Waals surface area (Å²) in [5.41, 5.74) is -0.934. The van der Waals surface area contributed by atoms with Gasteiger partial charge in [-0.3, -0.25) is 10.1 Å². The second kappa shape index (κ2) is 6.08. The second-order valence-corrected chi connectivity index (χ2v) is 8.79. The average Bonchev–Trinajstić information content (AvgIpc) is 3.28. The Morgan fingerprint density at radius 1 is 1.07 bits per heavy atom. The Morgan fingerprint density at radius 3 is 2.50 bits per heavy atom. The Kier molecular flexibility index (Phi) is 3.87. The summed E-state index contributed by atoms with van der Waals surface area (Å²) in [5.74, 6) is -0.716. The number of sulfonamides is 1. The molecule has 1 N–H and O–H groups in total. The van der Waals surface area contributed by atoms with E-state index in [1.54, 1.807) is 0 Å². The van der Waals surface area contributed by atoms with Crippen LogP contribution in [0.4, 0.5) is 22.0 Å². The molecule has 0 saturated carbocycles. The van der Waals surface area contributed by atoms with Crippen LogP contribution in [-0.2, 0) is 16.2 Å². The smallest absolute Gasteiger partial charge is 0.279 e. The minimum absolute atomic E-state index is 0.00579. The van der Waals surface area contributed by atoms with E-state index in [4.69, 9.17) is 0 Å². The van der Waals surface area contributed by atoms with Gasteiger partial charge in [-0.2, -0.15) is 22.6 Å². The van der Waals surface area contributed by atoms with Crippen LogP contribution in [0.3, 0.4) is 0 Å². The molecule has 0 amide bonds. The first kappa shape index (κ1) is 19.1. The minimum Gasteiger partial charge on any atom is -0.279 e. The number of H-pyrrole nitrogens is 1. The summed E-state index contributed by atoms with van der Waals surface area (Å²) in [4.78, 5) is 2.63. The molecule has 3 unspecified atom stereocenters. The predicted molar refractivity (Wildman–Crippen MR) is 91.7 cm³/mol. The van der Waals surface area contributed by atoms with E-state index >= 15 is 4.39 Å². The number of hydrogen-bond acceptors (Lipinski definition) is 4. The molecule has 30 heavy (non-hydrogen) atoms. The molecule has 1 aromatic carbocycles. The van der Waals surface area contributed by atoms with E-state index in [1.165, 1.54) is 18.3 Å². The Morgan fingerprint density at radius 2 is 1.83 bits per heavy atom. The number of pyridine rings is 1. The lowest BCUT2D eigenvalue weighted by Gasteiger charge is -2.35. The van der Waals surface area contributed by atoms with E-state index in [0.29, 0.717) is 12.3 Å². The molecule has 3 atom stereocenters. The van der Waals surface area contributed by atoms with Crippen LogP contribution >= 0.6 is 0 Å². The van der Waals surface area contributed by atoms with Crippen LogP contribution in [0.5, 0.6) is 0 Å². The van der Waals surface area contributed by atoms with Gasteiger partial charge in [0.25, 0.3) is 0 Å². The molecule has 3 aromatic rings. The summed E-state index contributed by atoms with van der Waals surface area (Å²) in [7, 11) is -4.54. The molecular weight excluding hydrogens is 431 g/mol. The number of benzene rings is 1. The van der Waals surface area contributed by atoms with Crippen molar-refractivity contribution in [2.45, 2.75) is 29.3 Å². The lowest BCUT2D eigenvalue weighted by atomic mass is 9.99. The molecule has 2 bridgehead atoms. The summed E-state index contributed by atoms with van der Waals surface area (Å²) >= 11 is 0. The lowest BCUT2D eigenvalue weighted by molar-refractivity contribution is -0.141. The molecule has 0 radical (unpaired) electrons. The molecule has 2 aromatic heterocycles. The third-order valence-electron chi connectivity index (χ3n) is 5.36. The minimum atomic E-state index is -4.75. The average molecular weight is 442 g/mol. The number of aromatic nitrogens is 3. The molecular formula is C18H11F5N4O2S. The summed E-state index contributed by atoms with van der Waals surface area (Å²) in [5, 5.41) is 6.25. The van der Waals surface area contributed by atoms with Crippen molar-refractivity contribution in [1.29, 1.82) is 0 Å². The van der Waals surface area contributed by atoms with Crippen molar-refractivity contribution in [3.63, 3.8) is 0 Å². The van der Waals surface area contributed by atoms with Crippen molar-refractivity contribution < 1.29 is 30.4 Å². The van der Waals surface area contributed by atoms with Gasteiger partial charge < -0.3 is 0 Å². The van der Waals surface area contributed by atoms with E-state index < -0.39 is 50.9 Å². The standard InChI is InChI=1S/C18H11F5N4O2S/c19-11-3-1-2-9-13(11)16-10-7-25-26-15(10)14(20)17(9)27(16)30(28,29)8-4-5-12(24-6-8)18(21,22)23/h1-7,14,16-17H,(H,25,26). The van der Waals surface area contributed by atoms with Crippen molar-refractivity contribution in [2.75, 3.05) is 0 Å². The maximum atomic E-state index is 15.4. The number of rotatable bonds is 2. The van der Waals surface area contributed by atoms with Crippen LogP contribution in [-0.4, -0.2) is 27.9 Å². The zero-order valence-corrected chi connectivity index (χ0v) is 15.5. The molecule has 4 heterocycles. The number of alkyl halides is 4. The molecule has 0 spiro atoms. The van der Waals surface area contributed by atoms with Gasteiger partial charge in [-0.25, -0.2) is 17.2 Å². The SMILES string of the molecule is O=S(=O)(c1ccc(C(F)(F)F)nc1)N1C2c3cn[nH]c3C(F)C1c1cccc(F)c12. The van der Waals surface area contributed by atoms with E-state index in [0.717, 1.165) is 16.4 Å². The highest BCUT2D eigenvalue weighted by atomic mass is 32.2. The number of nitrogens with one attached hydrogen (secondary N) is 1. The lowest BCUT2D eigenvalue weighted by Crippen LogP contribution is -2.39. The van der Waals surface area contributed by atoms with Crippen LogP contribution in [0.15, 0.2) is 47.6 Å². The Labute approximate surface area is 166 Å². The van der Waals surface area contributed by atoms with Crippen molar-refractivity contribution >= 4 is 10.0 Å². The molecule has 6 nitrogen and oxygen atoms in total. The predicted octanol–water partition coefficient (Wildman–Crippen LogP) is 3.82. The molecule has 156 valence electrons. The summed E-state index contributed by atoms with van der Waals surface area (Å²) in [6, 6.07) is 2.59. The quantitative estimate of drug-likeness (QED) is 0.612. The van der Waals surface area contributed by atoms with Gasteiger partial charge in [0.2, 0.25) is 10.0 Å². The van der Waals surface area contributed by atoms with Crippen molar-refractivity contribution in [3.8, 4) is 0 Å². The van der Waals surface area contributed by atoms with Gasteiger partial charge >= 0.3 is 6.18 Å². The maximum Gasteiger partial charge on any atom is 0.433 e. The number of nitrogens with zero attached hydrogens (tertiary/aromatic N) is 3. The van der Waals surface area contributed by atoms with Gasteiger partial charge in [-0.1, -0.05) is 12.1 Å². The van der Waals surface area contributed by atoms with Crippen LogP contribution < -0.4 is 0 Å². The zero-order valence-electron chi connectivity index (χ0n) is 14.7. The van der Waals surface area contributed by atoms with Crippen molar-refractivity contribution in [2.24, 2.45) is 0 Å². The first-order valence-electron chi connectivity index (χ1n) is 8.64. The van der Waals surface area contributed by atoms with Crippen LogP contribution in [0.25, 0.3) is 0 Å². The third-order valence-corrected chi connectivity index (χ3v) is 7.19. The molecule has 12 heteroatoms. The maximum absolute atomic E-state index is 15.4. The van der Waals surface area contributed by atoms with Gasteiger partial charge in [-0.05, 0) is 23.8 Å². The van der Waals surface area contributed by atoms with E-state index in [2.05, 4.69) is 15.2 Å². The third kappa shape index (κ3) is 2.46. The fourth-order valence-electron chi connectivity index (χ4n) is 4.12. The number of halogens is 5. The van der Waals surface area contributed by atoms with Crippen molar-refractivity contribution in [3.05, 3.63) is 76.6 Å². The van der Waals surface area contributed by atoms with Crippen LogP contribution in [0.2, 0.25) is 0 Å². The van der Waals surface area contributed by atoms with Gasteiger partial charge in [0.05, 0.1) is 24.0 Å². The Hall–Kier alpha value is -2.86. The van der Waals surface area contributed by atoms with Gasteiger partial charge in [-0.15, -0.1) is 0 Å². The normalized spacial score (nSPS) is 23.3. The second-order valence-electron chi connectivity index (χ2n) is 6.94. The monoisotopic (exact) mass is 442 g/mol. The summed E-state index contributed by atoms with van der Waals surface area (Å²) in [6.45, 7) is 0. The molecule has 0 aliphatic carbocycles. The fourth-order valence-corrected chi connectivity index (χ4v) is 5.80. The van der Waals surface area contributed by atoms with Gasteiger partial charge in [0, 0.05) is 17.3 Å². The molecule has 2 aliphatic heterocycles. The highest BCUT2D eigenvalue weighted by molar-refractivity contribution is 7.89. The summed E-state index contributed by atoms with van der Waals surface area (Å²) in [6.07, 6.45) is -4.84. The first-order chi connectivity index (χ1) is 14.1. The number of hydrogen-bond donors (Lipinski definition) is 1. The number of aromatic amines is 1. The molecule has 2 aliphatic rings. The van der Waals surface area contributed by atoms with E-state index in [1.807, 2.05) is 0 Å². The first-order valence-corrected chi connectivity index (χ1v) is 10.1. The Bertz CT molecular complexity index is 1260. The Balaban J connectivity index is 1.69. The topological polar surface area (TPSA) is 79.0 Å². The fraction of sp³-hybridized carbons (Fsp3) is 0.222. The van der Waals surface area contributed by atoms with Gasteiger partial charge in [0.15, 0.2) is 6.17 Å². The number of fused-ring (bicyclic) bond motifs is 7. The van der Waals surface area contributed by atoms with Gasteiger partial charge in [0.1, 0.15) is 16.4 Å².